The predicted molar refractivity (Wildman–Crippen MR) is 134 cm³/mol. The van der Waals surface area contributed by atoms with E-state index in [0.29, 0.717) is 19.8 Å². The van der Waals surface area contributed by atoms with Gasteiger partial charge in [0, 0.05) is 13.1 Å². The van der Waals surface area contributed by atoms with Gasteiger partial charge < -0.3 is 15.0 Å². The summed E-state index contributed by atoms with van der Waals surface area (Å²) in [6.45, 7) is 5.55. The number of amides is 1. The highest BCUT2D eigenvalue weighted by atomic mass is 32.2. The molecule has 0 radical (unpaired) electrons. The van der Waals surface area contributed by atoms with Crippen molar-refractivity contribution in [2.75, 3.05) is 31.2 Å². The van der Waals surface area contributed by atoms with Gasteiger partial charge in [0.2, 0.25) is 11.9 Å². The van der Waals surface area contributed by atoms with Gasteiger partial charge in [-0.1, -0.05) is 66.4 Å². The lowest BCUT2D eigenvalue weighted by Crippen LogP contribution is -2.38. The van der Waals surface area contributed by atoms with Gasteiger partial charge in [-0.25, -0.2) is 0 Å². The maximum atomic E-state index is 13.2. The number of rotatable bonds is 7. The molecule has 0 unspecified atom stereocenters. The summed E-state index contributed by atoms with van der Waals surface area (Å²) in [7, 11) is 0. The summed E-state index contributed by atoms with van der Waals surface area (Å²) in [4.78, 5) is 15.4. The highest BCUT2D eigenvalue weighted by Crippen LogP contribution is 2.31. The molecule has 1 saturated heterocycles. The first-order chi connectivity index (χ1) is 16.7. The largest absolute Gasteiger partial charge is 0.378 e. The van der Waals surface area contributed by atoms with E-state index in [4.69, 9.17) is 4.74 Å². The number of fused-ring (bicyclic) bond motifs is 1. The van der Waals surface area contributed by atoms with Crippen LogP contribution in [0.15, 0.2) is 59.8 Å². The number of hydrogen-bond donors (Lipinski definition) is 1. The standard InChI is InChI=1S/C26H31N5O2S/c1-19(24(32)27-23-13-7-11-21-10-5-6-12-22(21)23)34-26-29-28-25(30-14-16-33-17-15-30)31(26)18-20-8-3-2-4-9-20/h2-6,8-10,12,19,23H,7,11,13-18H2,1H3,(H,27,32)/t19-,23-/m0/s1. The van der Waals surface area contributed by atoms with Crippen molar-refractivity contribution in [2.45, 2.75) is 49.2 Å². The molecule has 5 rings (SSSR count). The molecule has 1 aliphatic heterocycles. The van der Waals surface area contributed by atoms with Gasteiger partial charge in [0.25, 0.3) is 0 Å². The normalized spacial score (nSPS) is 18.9. The van der Waals surface area contributed by atoms with Gasteiger partial charge in [-0.2, -0.15) is 0 Å². The van der Waals surface area contributed by atoms with E-state index in [0.717, 1.165) is 43.5 Å². The molecule has 34 heavy (non-hydrogen) atoms. The van der Waals surface area contributed by atoms with Gasteiger partial charge in [0.15, 0.2) is 5.16 Å². The summed E-state index contributed by atoms with van der Waals surface area (Å²) < 4.78 is 7.65. The molecule has 3 aromatic rings. The Hall–Kier alpha value is -2.84. The average molecular weight is 478 g/mol. The molecule has 0 saturated carbocycles. The Balaban J connectivity index is 1.33. The molecular weight excluding hydrogens is 446 g/mol. The van der Waals surface area contributed by atoms with Crippen LogP contribution >= 0.6 is 11.8 Å². The van der Waals surface area contributed by atoms with E-state index in [1.807, 2.05) is 25.1 Å². The molecule has 1 amide bonds. The molecule has 178 valence electrons. The van der Waals surface area contributed by atoms with Crippen molar-refractivity contribution in [1.29, 1.82) is 0 Å². The van der Waals surface area contributed by atoms with E-state index in [9.17, 15) is 4.79 Å². The summed E-state index contributed by atoms with van der Waals surface area (Å²) >= 11 is 1.47. The molecular formula is C26H31N5O2S. The minimum atomic E-state index is -0.287. The van der Waals surface area contributed by atoms with Crippen LogP contribution < -0.4 is 10.2 Å². The summed E-state index contributed by atoms with van der Waals surface area (Å²) in [5.74, 6) is 0.873. The van der Waals surface area contributed by atoms with E-state index >= 15 is 0 Å². The third-order valence-corrected chi connectivity index (χ3v) is 7.59. The number of hydrogen-bond acceptors (Lipinski definition) is 6. The van der Waals surface area contributed by atoms with Crippen molar-refractivity contribution >= 4 is 23.6 Å². The monoisotopic (exact) mass is 477 g/mol. The van der Waals surface area contributed by atoms with Crippen LogP contribution in [0.3, 0.4) is 0 Å². The first-order valence-corrected chi connectivity index (χ1v) is 12.9. The third kappa shape index (κ3) is 5.13. The highest BCUT2D eigenvalue weighted by Gasteiger charge is 2.27. The Bertz CT molecular complexity index is 1110. The lowest BCUT2D eigenvalue weighted by molar-refractivity contribution is -0.121. The number of benzene rings is 2. The topological polar surface area (TPSA) is 72.3 Å². The number of thioether (sulfide) groups is 1. The van der Waals surface area contributed by atoms with Crippen LogP contribution in [0.4, 0.5) is 5.95 Å². The Kier molecular flexibility index (Phi) is 7.16. The number of nitrogens with zero attached hydrogens (tertiary/aromatic N) is 4. The quantitative estimate of drug-likeness (QED) is 0.522. The van der Waals surface area contributed by atoms with Crippen molar-refractivity contribution in [1.82, 2.24) is 20.1 Å². The Morgan fingerprint density at radius 1 is 1.12 bits per heavy atom. The van der Waals surface area contributed by atoms with Crippen molar-refractivity contribution in [2.24, 2.45) is 0 Å². The van der Waals surface area contributed by atoms with Crippen LogP contribution in [0.2, 0.25) is 0 Å². The zero-order valence-electron chi connectivity index (χ0n) is 19.5. The molecule has 2 atom stereocenters. The first kappa shape index (κ1) is 22.9. The minimum absolute atomic E-state index is 0.0360. The molecule has 1 aliphatic carbocycles. The lowest BCUT2D eigenvalue weighted by atomic mass is 9.88. The van der Waals surface area contributed by atoms with Crippen LogP contribution in [-0.2, 0) is 22.5 Å². The molecule has 8 heteroatoms. The zero-order valence-corrected chi connectivity index (χ0v) is 20.3. The van der Waals surface area contributed by atoms with Crippen LogP contribution in [0.1, 0.15) is 42.5 Å². The Labute approximate surface area is 204 Å². The molecule has 7 nitrogen and oxygen atoms in total. The smallest absolute Gasteiger partial charge is 0.233 e. The van der Waals surface area contributed by atoms with Gasteiger partial charge in [0.05, 0.1) is 31.1 Å². The van der Waals surface area contributed by atoms with E-state index in [-0.39, 0.29) is 17.2 Å². The predicted octanol–water partition coefficient (Wildman–Crippen LogP) is 3.84. The summed E-state index contributed by atoms with van der Waals surface area (Å²) in [5, 5.41) is 12.8. The van der Waals surface area contributed by atoms with Gasteiger partial charge >= 0.3 is 0 Å². The van der Waals surface area contributed by atoms with Gasteiger partial charge in [-0.3, -0.25) is 9.36 Å². The van der Waals surface area contributed by atoms with Crippen molar-refractivity contribution in [3.63, 3.8) is 0 Å². The SMILES string of the molecule is C[C@H](Sc1nnc(N2CCOCC2)n1Cc1ccccc1)C(=O)N[C@H]1CCCc2ccccc21. The second-order valence-electron chi connectivity index (χ2n) is 8.87. The molecule has 2 aliphatic rings. The van der Waals surface area contributed by atoms with Crippen molar-refractivity contribution < 1.29 is 9.53 Å². The van der Waals surface area contributed by atoms with E-state index in [1.54, 1.807) is 0 Å². The van der Waals surface area contributed by atoms with Crippen LogP contribution in [0.5, 0.6) is 0 Å². The minimum Gasteiger partial charge on any atom is -0.378 e. The number of carbonyl (C=O) groups excluding carboxylic acids is 1. The fraction of sp³-hybridized carbons (Fsp3) is 0.423. The summed E-state index contributed by atoms with van der Waals surface area (Å²) in [6.07, 6.45) is 3.16. The number of carbonyl (C=O) groups is 1. The summed E-state index contributed by atoms with van der Waals surface area (Å²) in [5.41, 5.74) is 3.77. The number of anilines is 1. The molecule has 1 N–H and O–H groups in total. The molecule has 2 heterocycles. The number of aromatic nitrogens is 3. The molecule has 2 aromatic carbocycles. The van der Waals surface area contributed by atoms with Crippen LogP contribution in [0.25, 0.3) is 0 Å². The van der Waals surface area contributed by atoms with Gasteiger partial charge in [-0.15, -0.1) is 10.2 Å². The highest BCUT2D eigenvalue weighted by molar-refractivity contribution is 8.00. The number of ether oxygens (including phenoxy) is 1. The first-order valence-electron chi connectivity index (χ1n) is 12.0. The van der Waals surface area contributed by atoms with Gasteiger partial charge in [-0.05, 0) is 42.9 Å². The average Bonchev–Trinajstić information content (AvgIpc) is 3.27. The molecule has 1 fully saturated rings. The third-order valence-electron chi connectivity index (χ3n) is 6.51. The van der Waals surface area contributed by atoms with E-state index < -0.39 is 0 Å². The summed E-state index contributed by atoms with van der Waals surface area (Å²) in [6, 6.07) is 18.8. The van der Waals surface area contributed by atoms with E-state index in [1.165, 1.54) is 28.5 Å². The fourth-order valence-electron chi connectivity index (χ4n) is 4.67. The van der Waals surface area contributed by atoms with Crippen LogP contribution in [-0.4, -0.2) is 52.2 Å². The number of nitrogens with one attached hydrogen (secondary N) is 1. The molecule has 0 spiro atoms. The Morgan fingerprint density at radius 3 is 2.71 bits per heavy atom. The number of aryl methyl sites for hydroxylation is 1. The lowest BCUT2D eigenvalue weighted by Gasteiger charge is -2.28. The zero-order chi connectivity index (χ0) is 23.3. The number of morpholine rings is 1. The van der Waals surface area contributed by atoms with Gasteiger partial charge in [0.1, 0.15) is 0 Å². The second kappa shape index (κ2) is 10.6. The van der Waals surface area contributed by atoms with E-state index in [2.05, 4.69) is 61.4 Å². The fourth-order valence-corrected chi connectivity index (χ4v) is 5.53. The van der Waals surface area contributed by atoms with Crippen molar-refractivity contribution in [3.05, 3.63) is 71.3 Å². The maximum absolute atomic E-state index is 13.2. The molecule has 0 bridgehead atoms. The van der Waals surface area contributed by atoms with Crippen molar-refractivity contribution in [3.8, 4) is 0 Å². The van der Waals surface area contributed by atoms with Crippen LogP contribution in [0, 0.1) is 0 Å². The Morgan fingerprint density at radius 2 is 1.88 bits per heavy atom. The second-order valence-corrected chi connectivity index (χ2v) is 10.2. The maximum Gasteiger partial charge on any atom is 0.233 e. The molecule has 1 aromatic heterocycles.